The van der Waals surface area contributed by atoms with Crippen molar-refractivity contribution >= 4 is 45.0 Å². The summed E-state index contributed by atoms with van der Waals surface area (Å²) >= 11 is 3.41. The maximum Gasteiger partial charge on any atom is 0.230 e. The van der Waals surface area contributed by atoms with E-state index in [1.54, 1.807) is 0 Å². The molecule has 1 N–H and O–H groups in total. The van der Waals surface area contributed by atoms with Gasteiger partial charge in [0.1, 0.15) is 0 Å². The van der Waals surface area contributed by atoms with Crippen LogP contribution in [0.25, 0.3) is 6.08 Å². The van der Waals surface area contributed by atoms with Crippen molar-refractivity contribution in [3.05, 3.63) is 64.6 Å². The second-order valence-electron chi connectivity index (χ2n) is 4.73. The predicted octanol–water partition coefficient (Wildman–Crippen LogP) is 4.58. The highest BCUT2D eigenvalue weighted by Crippen LogP contribution is 2.27. The number of anilines is 1. The Morgan fingerprint density at radius 1 is 1.05 bits per heavy atom. The van der Waals surface area contributed by atoms with Gasteiger partial charge in [-0.15, -0.1) is 0 Å². The van der Waals surface area contributed by atoms with Gasteiger partial charge in [-0.05, 0) is 35.9 Å². The Labute approximate surface area is 131 Å². The summed E-state index contributed by atoms with van der Waals surface area (Å²) in [4.78, 5) is 16.4. The smallest absolute Gasteiger partial charge is 0.230 e. The lowest BCUT2D eigenvalue weighted by molar-refractivity contribution is -0.115. The molecule has 0 bridgehead atoms. The summed E-state index contributed by atoms with van der Waals surface area (Å²) in [5.41, 5.74) is 3.37. The van der Waals surface area contributed by atoms with Crippen LogP contribution < -0.4 is 5.32 Å². The largest absolute Gasteiger partial charge is 0.324 e. The molecule has 0 radical (unpaired) electrons. The lowest BCUT2D eigenvalue weighted by atomic mass is 10.1. The molecule has 0 aromatic heterocycles. The Balaban J connectivity index is 1.89. The van der Waals surface area contributed by atoms with Gasteiger partial charge in [-0.25, -0.2) is 0 Å². The van der Waals surface area contributed by atoms with Gasteiger partial charge in [0.05, 0.1) is 23.5 Å². The first-order valence-electron chi connectivity index (χ1n) is 6.61. The number of rotatable bonds is 2. The van der Waals surface area contributed by atoms with Gasteiger partial charge >= 0.3 is 0 Å². The molecule has 1 aliphatic heterocycles. The van der Waals surface area contributed by atoms with Crippen molar-refractivity contribution in [1.29, 1.82) is 0 Å². The molecule has 1 heterocycles. The van der Waals surface area contributed by atoms with Gasteiger partial charge in [0, 0.05) is 4.47 Å². The number of allylic oxidation sites excluding steroid dienone is 1. The van der Waals surface area contributed by atoms with Crippen LogP contribution in [0.4, 0.5) is 11.4 Å². The summed E-state index contributed by atoms with van der Waals surface area (Å²) < 4.78 is 1.04. The lowest BCUT2D eigenvalue weighted by Crippen LogP contribution is -2.13. The molecule has 0 fully saturated rings. The quantitative estimate of drug-likeness (QED) is 0.854. The van der Waals surface area contributed by atoms with Crippen molar-refractivity contribution in [2.24, 2.45) is 4.99 Å². The Bertz CT molecular complexity index is 733. The normalized spacial score (nSPS) is 14.3. The van der Waals surface area contributed by atoms with Gasteiger partial charge in [0.25, 0.3) is 0 Å². The number of halogens is 1. The number of fused-ring (bicyclic) bond motifs is 1. The molecule has 1 aliphatic rings. The number of nitrogens with zero attached hydrogens (tertiary/aromatic N) is 1. The molecule has 0 aliphatic carbocycles. The minimum Gasteiger partial charge on any atom is -0.324 e. The lowest BCUT2D eigenvalue weighted by Gasteiger charge is -2.02. The van der Waals surface area contributed by atoms with Crippen molar-refractivity contribution in [1.82, 2.24) is 0 Å². The summed E-state index contributed by atoms with van der Waals surface area (Å²) in [6, 6.07) is 15.5. The van der Waals surface area contributed by atoms with Crippen molar-refractivity contribution < 1.29 is 4.79 Å². The van der Waals surface area contributed by atoms with Gasteiger partial charge in [0.2, 0.25) is 5.91 Å². The minimum atomic E-state index is -0.0424. The zero-order valence-corrected chi connectivity index (χ0v) is 12.8. The second-order valence-corrected chi connectivity index (χ2v) is 5.65. The average Bonchev–Trinajstić information content (AvgIpc) is 2.64. The van der Waals surface area contributed by atoms with Crippen molar-refractivity contribution in [3.63, 3.8) is 0 Å². The summed E-state index contributed by atoms with van der Waals surface area (Å²) in [6.45, 7) is 0. The Morgan fingerprint density at radius 3 is 2.62 bits per heavy atom. The number of nitrogens with one attached hydrogen (secondary N) is 1. The van der Waals surface area contributed by atoms with Gasteiger partial charge in [0.15, 0.2) is 0 Å². The third kappa shape index (κ3) is 3.47. The van der Waals surface area contributed by atoms with Gasteiger partial charge in [-0.3, -0.25) is 9.79 Å². The van der Waals surface area contributed by atoms with E-state index in [0.717, 1.165) is 27.1 Å². The Morgan fingerprint density at radius 2 is 1.81 bits per heavy atom. The monoisotopic (exact) mass is 340 g/mol. The van der Waals surface area contributed by atoms with Gasteiger partial charge < -0.3 is 5.32 Å². The molecule has 2 aromatic rings. The average molecular weight is 341 g/mol. The molecule has 3 rings (SSSR count). The van der Waals surface area contributed by atoms with E-state index in [0.29, 0.717) is 0 Å². The molecular weight excluding hydrogens is 328 g/mol. The number of para-hydroxylation sites is 2. The predicted molar refractivity (Wildman–Crippen MR) is 90.0 cm³/mol. The molecule has 0 unspecified atom stereocenters. The Kier molecular flexibility index (Phi) is 3.97. The number of hydrogen-bond acceptors (Lipinski definition) is 2. The van der Waals surface area contributed by atoms with Gasteiger partial charge in [-0.2, -0.15) is 0 Å². The van der Waals surface area contributed by atoms with E-state index < -0.39 is 0 Å². The number of benzene rings is 2. The van der Waals surface area contributed by atoms with Crippen LogP contribution in [0.15, 0.2) is 64.1 Å². The maximum atomic E-state index is 11.9. The van der Waals surface area contributed by atoms with E-state index in [-0.39, 0.29) is 12.3 Å². The molecule has 0 spiro atoms. The van der Waals surface area contributed by atoms with Crippen molar-refractivity contribution in [2.75, 3.05) is 5.32 Å². The summed E-state index contributed by atoms with van der Waals surface area (Å²) in [5.74, 6) is -0.0424. The van der Waals surface area contributed by atoms with E-state index in [1.807, 2.05) is 60.7 Å². The number of hydrogen-bond donors (Lipinski definition) is 1. The van der Waals surface area contributed by atoms with Crippen LogP contribution in [0, 0.1) is 0 Å². The van der Waals surface area contributed by atoms with E-state index >= 15 is 0 Å². The molecule has 1 amide bonds. The SMILES string of the molecule is O=C1CC(C=Cc2ccc(Br)cc2)=Nc2ccccc2N1. The fourth-order valence-electron chi connectivity index (χ4n) is 2.09. The van der Waals surface area contributed by atoms with E-state index in [1.165, 1.54) is 0 Å². The zero-order chi connectivity index (χ0) is 14.7. The molecule has 2 aromatic carbocycles. The number of amides is 1. The highest BCUT2D eigenvalue weighted by molar-refractivity contribution is 9.10. The third-order valence-corrected chi connectivity index (χ3v) is 3.65. The summed E-state index contributed by atoms with van der Waals surface area (Å²) in [7, 11) is 0. The first-order valence-corrected chi connectivity index (χ1v) is 7.40. The van der Waals surface area contributed by atoms with Crippen LogP contribution in [0.5, 0.6) is 0 Å². The molecule has 104 valence electrons. The van der Waals surface area contributed by atoms with Crippen LogP contribution in [0.2, 0.25) is 0 Å². The Hall–Kier alpha value is -2.20. The highest BCUT2D eigenvalue weighted by atomic mass is 79.9. The fraction of sp³-hybridized carbons (Fsp3) is 0.0588. The molecule has 0 atom stereocenters. The highest BCUT2D eigenvalue weighted by Gasteiger charge is 2.13. The van der Waals surface area contributed by atoms with Crippen LogP contribution in [-0.2, 0) is 4.79 Å². The summed E-state index contributed by atoms with van der Waals surface area (Å²) in [6.07, 6.45) is 4.14. The first kappa shape index (κ1) is 13.8. The molecule has 0 saturated heterocycles. The van der Waals surface area contributed by atoms with Crippen molar-refractivity contribution in [3.8, 4) is 0 Å². The minimum absolute atomic E-state index is 0.0424. The van der Waals surface area contributed by atoms with E-state index in [9.17, 15) is 4.79 Å². The van der Waals surface area contributed by atoms with Crippen LogP contribution >= 0.6 is 15.9 Å². The van der Waals surface area contributed by atoms with Crippen LogP contribution in [-0.4, -0.2) is 11.6 Å². The molecule has 4 heteroatoms. The maximum absolute atomic E-state index is 11.9. The molecular formula is C17H13BrN2O. The van der Waals surface area contributed by atoms with Gasteiger partial charge in [-0.1, -0.05) is 46.3 Å². The number of carbonyl (C=O) groups is 1. The topological polar surface area (TPSA) is 41.5 Å². The number of carbonyl (C=O) groups excluding carboxylic acids is 1. The zero-order valence-electron chi connectivity index (χ0n) is 11.2. The standard InChI is InChI=1S/C17H13BrN2O/c18-13-8-5-12(6-9-13)7-10-14-11-17(21)20-16-4-2-1-3-15(16)19-14/h1-10H,11H2,(H,20,21). The third-order valence-electron chi connectivity index (χ3n) is 3.12. The fourth-order valence-corrected chi connectivity index (χ4v) is 2.36. The second kappa shape index (κ2) is 6.06. The van der Waals surface area contributed by atoms with E-state index in [2.05, 4.69) is 26.2 Å². The molecule has 0 saturated carbocycles. The summed E-state index contributed by atoms with van der Waals surface area (Å²) in [5, 5.41) is 2.86. The molecule has 21 heavy (non-hydrogen) atoms. The van der Waals surface area contributed by atoms with E-state index in [4.69, 9.17) is 0 Å². The van der Waals surface area contributed by atoms with Crippen molar-refractivity contribution in [2.45, 2.75) is 6.42 Å². The molecule has 3 nitrogen and oxygen atoms in total. The number of aliphatic imine (C=N–C) groups is 1. The van der Waals surface area contributed by atoms with Crippen LogP contribution in [0.3, 0.4) is 0 Å². The first-order chi connectivity index (χ1) is 10.2. The van der Waals surface area contributed by atoms with Crippen LogP contribution in [0.1, 0.15) is 12.0 Å².